The van der Waals surface area contributed by atoms with Crippen LogP contribution in [0.1, 0.15) is 48.3 Å². The molecule has 3 unspecified atom stereocenters. The number of nitrogens with one attached hydrogen (secondary N) is 2. The maximum absolute atomic E-state index is 5.87. The summed E-state index contributed by atoms with van der Waals surface area (Å²) in [5.41, 5.74) is 8.73. The molecule has 3 aliphatic rings. The van der Waals surface area contributed by atoms with Gasteiger partial charge in [0.05, 0.1) is 42.3 Å². The van der Waals surface area contributed by atoms with Crippen molar-refractivity contribution in [2.45, 2.75) is 51.9 Å². The minimum absolute atomic E-state index is 0.0254. The fraction of sp³-hybridized carbons (Fsp3) is 0.407. The van der Waals surface area contributed by atoms with E-state index in [4.69, 9.17) is 14.3 Å². The van der Waals surface area contributed by atoms with Gasteiger partial charge in [0.25, 0.3) is 0 Å². The van der Waals surface area contributed by atoms with Crippen molar-refractivity contribution in [3.05, 3.63) is 59.0 Å². The van der Waals surface area contributed by atoms with Crippen LogP contribution in [0.3, 0.4) is 0 Å². The maximum atomic E-state index is 5.87. The van der Waals surface area contributed by atoms with Gasteiger partial charge in [-0.1, -0.05) is 17.3 Å². The Kier molecular flexibility index (Phi) is 5.10. The molecule has 0 bridgehead atoms. The quantitative estimate of drug-likeness (QED) is 0.584. The van der Waals surface area contributed by atoms with Gasteiger partial charge in [-0.15, -0.1) is 0 Å². The van der Waals surface area contributed by atoms with Gasteiger partial charge in [0, 0.05) is 30.0 Å². The number of ether oxygens (including phenoxy) is 1. The van der Waals surface area contributed by atoms with Gasteiger partial charge in [-0.25, -0.2) is 0 Å². The number of hydrogen-bond donors (Lipinski definition) is 2. The van der Waals surface area contributed by atoms with Crippen molar-refractivity contribution in [1.29, 1.82) is 0 Å². The zero-order chi connectivity index (χ0) is 23.4. The van der Waals surface area contributed by atoms with Crippen molar-refractivity contribution in [2.75, 3.05) is 30.4 Å². The van der Waals surface area contributed by atoms with Gasteiger partial charge in [0.2, 0.25) is 0 Å². The molecule has 1 fully saturated rings. The predicted octanol–water partition coefficient (Wildman–Crippen LogP) is 4.84. The minimum atomic E-state index is 0.0254. The first-order valence-corrected chi connectivity index (χ1v) is 12.1. The average molecular weight is 458 g/mol. The molecule has 7 heteroatoms. The standard InChI is InChI=1S/C27H31N5O2/c1-15-24(16(2)34-31-15)21-13-22-20(14-23(21)33-4)25-26(28-17(3)29-27(25)30-22)18-8-7-9-19(12-18)32-10-5-6-11-32/h7-9,12-14,17,25,27,29-30H,5-6,10-11H2,1-4H3. The molecule has 0 radical (unpaired) electrons. The second kappa shape index (κ2) is 8.17. The van der Waals surface area contributed by atoms with Crippen molar-refractivity contribution in [3.8, 4) is 16.9 Å². The number of aliphatic imine (C=N–C) groups is 1. The highest BCUT2D eigenvalue weighted by atomic mass is 16.5. The number of hydrogen-bond acceptors (Lipinski definition) is 7. The lowest BCUT2D eigenvalue weighted by molar-refractivity contribution is 0.393. The van der Waals surface area contributed by atoms with Gasteiger partial charge >= 0.3 is 0 Å². The van der Waals surface area contributed by atoms with Crippen LogP contribution in [0.25, 0.3) is 11.1 Å². The van der Waals surface area contributed by atoms with Crippen LogP contribution in [0, 0.1) is 13.8 Å². The van der Waals surface area contributed by atoms with Crippen LogP contribution >= 0.6 is 0 Å². The van der Waals surface area contributed by atoms with Crippen molar-refractivity contribution in [3.63, 3.8) is 0 Å². The molecule has 7 nitrogen and oxygen atoms in total. The molecule has 176 valence electrons. The summed E-state index contributed by atoms with van der Waals surface area (Å²) in [6.07, 6.45) is 2.62. The first-order valence-electron chi connectivity index (χ1n) is 12.1. The van der Waals surface area contributed by atoms with Crippen LogP contribution in [-0.2, 0) is 0 Å². The number of aryl methyl sites for hydroxylation is 2. The third-order valence-corrected chi connectivity index (χ3v) is 7.31. The molecule has 3 aliphatic heterocycles. The van der Waals surface area contributed by atoms with E-state index in [1.54, 1.807) is 7.11 Å². The lowest BCUT2D eigenvalue weighted by Crippen LogP contribution is -2.48. The maximum Gasteiger partial charge on any atom is 0.141 e. The lowest BCUT2D eigenvalue weighted by atomic mass is 9.86. The summed E-state index contributed by atoms with van der Waals surface area (Å²) in [6.45, 7) is 8.28. The van der Waals surface area contributed by atoms with Gasteiger partial charge in [-0.2, -0.15) is 0 Å². The molecular weight excluding hydrogens is 426 g/mol. The molecule has 0 saturated carbocycles. The van der Waals surface area contributed by atoms with E-state index in [1.165, 1.54) is 29.7 Å². The van der Waals surface area contributed by atoms with Crippen LogP contribution in [-0.4, -0.2) is 43.4 Å². The zero-order valence-electron chi connectivity index (χ0n) is 20.2. The summed E-state index contributed by atoms with van der Waals surface area (Å²) in [6, 6.07) is 13.2. The van der Waals surface area contributed by atoms with Gasteiger partial charge in [0.15, 0.2) is 0 Å². The number of anilines is 2. The Bertz CT molecular complexity index is 1250. The van der Waals surface area contributed by atoms with E-state index in [0.29, 0.717) is 0 Å². The zero-order valence-corrected chi connectivity index (χ0v) is 20.2. The minimum Gasteiger partial charge on any atom is -0.496 e. The summed E-state index contributed by atoms with van der Waals surface area (Å²) in [4.78, 5) is 7.58. The molecule has 2 aromatic carbocycles. The van der Waals surface area contributed by atoms with E-state index in [1.807, 2.05) is 13.8 Å². The normalized spacial score (nSPS) is 23.4. The molecule has 1 saturated heterocycles. The Hall–Kier alpha value is -3.32. The van der Waals surface area contributed by atoms with Crippen molar-refractivity contribution < 1.29 is 9.26 Å². The van der Waals surface area contributed by atoms with Crippen molar-refractivity contribution in [2.24, 2.45) is 4.99 Å². The fourth-order valence-electron chi connectivity index (χ4n) is 5.76. The largest absolute Gasteiger partial charge is 0.496 e. The lowest BCUT2D eigenvalue weighted by Gasteiger charge is -2.31. The number of benzene rings is 2. The second-order valence-corrected chi connectivity index (χ2v) is 9.54. The van der Waals surface area contributed by atoms with Crippen molar-refractivity contribution in [1.82, 2.24) is 10.5 Å². The molecule has 0 aliphatic carbocycles. The molecule has 3 atom stereocenters. The number of aromatic nitrogens is 1. The Morgan fingerprint density at radius 3 is 2.68 bits per heavy atom. The summed E-state index contributed by atoms with van der Waals surface area (Å²) in [7, 11) is 1.72. The molecule has 4 heterocycles. The number of methoxy groups -OCH3 is 1. The second-order valence-electron chi connectivity index (χ2n) is 9.54. The molecule has 0 spiro atoms. The van der Waals surface area contributed by atoms with E-state index >= 15 is 0 Å². The molecule has 34 heavy (non-hydrogen) atoms. The van der Waals surface area contributed by atoms with Crippen LogP contribution in [0.2, 0.25) is 0 Å². The van der Waals surface area contributed by atoms with Gasteiger partial charge in [0.1, 0.15) is 11.5 Å². The molecular formula is C27H31N5O2. The Balaban J connectivity index is 1.44. The summed E-state index contributed by atoms with van der Waals surface area (Å²) < 4.78 is 11.3. The molecule has 6 rings (SSSR count). The van der Waals surface area contributed by atoms with E-state index in [0.717, 1.165) is 52.8 Å². The smallest absolute Gasteiger partial charge is 0.141 e. The monoisotopic (exact) mass is 457 g/mol. The van der Waals surface area contributed by atoms with E-state index in [2.05, 4.69) is 64.0 Å². The summed E-state index contributed by atoms with van der Waals surface area (Å²) in [5, 5.41) is 11.5. The Labute approximate surface area is 200 Å². The Morgan fingerprint density at radius 2 is 1.94 bits per heavy atom. The highest BCUT2D eigenvalue weighted by Gasteiger charge is 2.41. The van der Waals surface area contributed by atoms with Crippen LogP contribution in [0.15, 0.2) is 45.9 Å². The molecule has 3 aromatic rings. The number of fused-ring (bicyclic) bond motifs is 3. The van der Waals surface area contributed by atoms with E-state index in [9.17, 15) is 0 Å². The number of rotatable bonds is 4. The van der Waals surface area contributed by atoms with E-state index < -0.39 is 0 Å². The Morgan fingerprint density at radius 1 is 1.12 bits per heavy atom. The topological polar surface area (TPSA) is 74.9 Å². The van der Waals surface area contributed by atoms with Gasteiger partial charge < -0.3 is 19.5 Å². The predicted molar refractivity (Wildman–Crippen MR) is 135 cm³/mol. The summed E-state index contributed by atoms with van der Waals surface area (Å²) >= 11 is 0. The first kappa shape index (κ1) is 21.2. The molecule has 2 N–H and O–H groups in total. The SMILES string of the molecule is COc1cc2c(cc1-c1c(C)noc1C)NC1NC(C)N=C(c3cccc(N4CCCC4)c3)C21. The average Bonchev–Trinajstić information content (AvgIpc) is 3.56. The van der Waals surface area contributed by atoms with Crippen molar-refractivity contribution >= 4 is 17.1 Å². The highest BCUT2D eigenvalue weighted by molar-refractivity contribution is 6.08. The molecule has 1 aromatic heterocycles. The molecule has 0 amide bonds. The fourth-order valence-corrected chi connectivity index (χ4v) is 5.76. The van der Waals surface area contributed by atoms with Gasteiger partial charge in [-0.05, 0) is 69.0 Å². The van der Waals surface area contributed by atoms with E-state index in [-0.39, 0.29) is 18.2 Å². The van der Waals surface area contributed by atoms with Gasteiger partial charge in [-0.3, -0.25) is 10.3 Å². The van der Waals surface area contributed by atoms with Crippen LogP contribution in [0.4, 0.5) is 11.4 Å². The van der Waals surface area contributed by atoms with Crippen LogP contribution in [0.5, 0.6) is 5.75 Å². The summed E-state index contributed by atoms with van der Waals surface area (Å²) in [5.74, 6) is 1.70. The third-order valence-electron chi connectivity index (χ3n) is 7.31. The first-order chi connectivity index (χ1) is 16.5. The third kappa shape index (κ3) is 3.38. The highest BCUT2D eigenvalue weighted by Crippen LogP contribution is 2.46. The van der Waals surface area contributed by atoms with Crippen LogP contribution < -0.4 is 20.3 Å². The number of nitrogens with zero attached hydrogens (tertiary/aromatic N) is 3.